The standard InChI is InChI=1S/C12H11NO/c14-10-3-4-11-8(5-10)1-2-9-6-13-7-12(9)11/h1-5,13-14H,6-7H2. The van der Waals surface area contributed by atoms with Gasteiger partial charge in [0.15, 0.2) is 0 Å². The lowest BCUT2D eigenvalue weighted by atomic mass is 10.0. The van der Waals surface area contributed by atoms with Crippen LogP contribution in [0.25, 0.3) is 10.8 Å². The Morgan fingerprint density at radius 3 is 2.93 bits per heavy atom. The third-order valence-electron chi connectivity index (χ3n) is 2.83. The molecule has 1 aliphatic heterocycles. The average molecular weight is 185 g/mol. The fraction of sp³-hybridized carbons (Fsp3) is 0.167. The van der Waals surface area contributed by atoms with E-state index in [0.717, 1.165) is 18.5 Å². The summed E-state index contributed by atoms with van der Waals surface area (Å²) in [6.07, 6.45) is 0. The summed E-state index contributed by atoms with van der Waals surface area (Å²) in [5, 5.41) is 15.1. The maximum atomic E-state index is 9.36. The summed E-state index contributed by atoms with van der Waals surface area (Å²) in [6.45, 7) is 1.91. The van der Waals surface area contributed by atoms with Crippen molar-refractivity contribution in [1.29, 1.82) is 0 Å². The molecule has 0 spiro atoms. The van der Waals surface area contributed by atoms with Crippen LogP contribution < -0.4 is 5.32 Å². The van der Waals surface area contributed by atoms with E-state index in [-0.39, 0.29) is 0 Å². The van der Waals surface area contributed by atoms with Crippen molar-refractivity contribution in [1.82, 2.24) is 5.32 Å². The zero-order valence-corrected chi connectivity index (χ0v) is 7.75. The van der Waals surface area contributed by atoms with E-state index in [9.17, 15) is 5.11 Å². The van der Waals surface area contributed by atoms with E-state index in [0.29, 0.717) is 5.75 Å². The van der Waals surface area contributed by atoms with E-state index in [1.165, 1.54) is 16.5 Å². The van der Waals surface area contributed by atoms with Crippen LogP contribution in [0.3, 0.4) is 0 Å². The minimum absolute atomic E-state index is 0.336. The van der Waals surface area contributed by atoms with Gasteiger partial charge in [-0.15, -0.1) is 0 Å². The highest BCUT2D eigenvalue weighted by molar-refractivity contribution is 5.88. The third kappa shape index (κ3) is 1.01. The highest BCUT2D eigenvalue weighted by atomic mass is 16.3. The maximum absolute atomic E-state index is 9.36. The summed E-state index contributed by atoms with van der Waals surface area (Å²) in [6, 6.07) is 9.77. The molecule has 14 heavy (non-hydrogen) atoms. The van der Waals surface area contributed by atoms with Gasteiger partial charge in [0.2, 0.25) is 0 Å². The van der Waals surface area contributed by atoms with Crippen molar-refractivity contribution in [3.63, 3.8) is 0 Å². The highest BCUT2D eigenvalue weighted by Gasteiger charge is 2.12. The Morgan fingerprint density at radius 2 is 2.00 bits per heavy atom. The van der Waals surface area contributed by atoms with Crippen LogP contribution >= 0.6 is 0 Å². The van der Waals surface area contributed by atoms with Gasteiger partial charge >= 0.3 is 0 Å². The summed E-state index contributed by atoms with van der Waals surface area (Å²) < 4.78 is 0. The minimum atomic E-state index is 0.336. The van der Waals surface area contributed by atoms with E-state index in [2.05, 4.69) is 17.4 Å². The molecule has 0 bridgehead atoms. The van der Waals surface area contributed by atoms with Gasteiger partial charge in [-0.25, -0.2) is 0 Å². The predicted octanol–water partition coefficient (Wildman–Crippen LogP) is 2.15. The molecule has 0 aliphatic carbocycles. The number of phenols is 1. The zero-order valence-electron chi connectivity index (χ0n) is 7.75. The Morgan fingerprint density at radius 1 is 1.07 bits per heavy atom. The van der Waals surface area contributed by atoms with Crippen LogP contribution in [0.1, 0.15) is 11.1 Å². The highest BCUT2D eigenvalue weighted by Crippen LogP contribution is 2.28. The van der Waals surface area contributed by atoms with Gasteiger partial charge in [-0.2, -0.15) is 0 Å². The summed E-state index contributed by atoms with van der Waals surface area (Å²) in [5.41, 5.74) is 2.76. The molecule has 0 radical (unpaired) electrons. The van der Waals surface area contributed by atoms with Crippen molar-refractivity contribution in [2.24, 2.45) is 0 Å². The molecule has 1 aliphatic rings. The van der Waals surface area contributed by atoms with E-state index in [1.54, 1.807) is 6.07 Å². The molecule has 0 aromatic heterocycles. The molecule has 1 heterocycles. The van der Waals surface area contributed by atoms with Crippen molar-refractivity contribution >= 4 is 10.8 Å². The molecular weight excluding hydrogens is 174 g/mol. The Labute approximate surface area is 82.2 Å². The van der Waals surface area contributed by atoms with Gasteiger partial charge in [-0.05, 0) is 34.0 Å². The molecule has 0 unspecified atom stereocenters. The first-order chi connectivity index (χ1) is 6.84. The lowest BCUT2D eigenvalue weighted by Gasteiger charge is -2.04. The minimum Gasteiger partial charge on any atom is -0.508 e. The first-order valence-electron chi connectivity index (χ1n) is 4.79. The molecule has 0 atom stereocenters. The molecule has 3 rings (SSSR count). The van der Waals surface area contributed by atoms with E-state index in [4.69, 9.17) is 0 Å². The third-order valence-corrected chi connectivity index (χ3v) is 2.83. The molecule has 0 fully saturated rings. The molecular formula is C12H11NO. The number of benzene rings is 2. The normalized spacial score (nSPS) is 14.6. The van der Waals surface area contributed by atoms with Gasteiger partial charge in [0.05, 0.1) is 0 Å². The Kier molecular flexibility index (Phi) is 1.52. The Bertz CT molecular complexity index is 505. The van der Waals surface area contributed by atoms with Crippen molar-refractivity contribution < 1.29 is 5.11 Å². The van der Waals surface area contributed by atoms with Gasteiger partial charge < -0.3 is 10.4 Å². The largest absolute Gasteiger partial charge is 0.508 e. The summed E-state index contributed by atoms with van der Waals surface area (Å²) in [7, 11) is 0. The van der Waals surface area contributed by atoms with Crippen molar-refractivity contribution in [2.75, 3.05) is 0 Å². The van der Waals surface area contributed by atoms with E-state index in [1.807, 2.05) is 12.1 Å². The SMILES string of the molecule is Oc1ccc2c3c(ccc2c1)CNC3. The zero-order chi connectivity index (χ0) is 9.54. The van der Waals surface area contributed by atoms with Gasteiger partial charge in [0, 0.05) is 13.1 Å². The van der Waals surface area contributed by atoms with Gasteiger partial charge in [0.1, 0.15) is 5.75 Å². The molecule has 0 saturated heterocycles. The van der Waals surface area contributed by atoms with Crippen molar-refractivity contribution in [2.45, 2.75) is 13.1 Å². The Hall–Kier alpha value is -1.54. The van der Waals surface area contributed by atoms with Crippen LogP contribution in [-0.2, 0) is 13.1 Å². The predicted molar refractivity (Wildman–Crippen MR) is 56.2 cm³/mol. The number of rotatable bonds is 0. The molecule has 0 amide bonds. The van der Waals surface area contributed by atoms with Crippen molar-refractivity contribution in [3.05, 3.63) is 41.5 Å². The van der Waals surface area contributed by atoms with Crippen molar-refractivity contribution in [3.8, 4) is 5.75 Å². The first kappa shape index (κ1) is 7.83. The lowest BCUT2D eigenvalue weighted by Crippen LogP contribution is -2.00. The summed E-state index contributed by atoms with van der Waals surface area (Å²) in [4.78, 5) is 0. The van der Waals surface area contributed by atoms with Crippen LogP contribution in [0.15, 0.2) is 30.3 Å². The number of phenolic OH excluding ortho intramolecular Hbond substituents is 1. The monoisotopic (exact) mass is 185 g/mol. The Balaban J connectivity index is 2.39. The van der Waals surface area contributed by atoms with Gasteiger partial charge in [-0.3, -0.25) is 0 Å². The maximum Gasteiger partial charge on any atom is 0.116 e. The van der Waals surface area contributed by atoms with Crippen LogP contribution in [-0.4, -0.2) is 5.11 Å². The number of nitrogens with one attached hydrogen (secondary N) is 1. The van der Waals surface area contributed by atoms with Crippen LogP contribution in [0.5, 0.6) is 5.75 Å². The fourth-order valence-electron chi connectivity index (χ4n) is 2.12. The second kappa shape index (κ2) is 2.72. The number of hydrogen-bond acceptors (Lipinski definition) is 2. The molecule has 2 heteroatoms. The lowest BCUT2D eigenvalue weighted by molar-refractivity contribution is 0.476. The van der Waals surface area contributed by atoms with Crippen LogP contribution in [0, 0.1) is 0 Å². The van der Waals surface area contributed by atoms with E-state index >= 15 is 0 Å². The van der Waals surface area contributed by atoms with Crippen LogP contribution in [0.4, 0.5) is 0 Å². The van der Waals surface area contributed by atoms with Crippen LogP contribution in [0.2, 0.25) is 0 Å². The number of fused-ring (bicyclic) bond motifs is 3. The van der Waals surface area contributed by atoms with Gasteiger partial charge in [-0.1, -0.05) is 18.2 Å². The molecule has 2 nitrogen and oxygen atoms in total. The van der Waals surface area contributed by atoms with E-state index < -0.39 is 0 Å². The average Bonchev–Trinajstić information content (AvgIpc) is 2.65. The second-order valence-electron chi connectivity index (χ2n) is 3.71. The quantitative estimate of drug-likeness (QED) is 0.659. The molecule has 2 N–H and O–H groups in total. The molecule has 70 valence electrons. The molecule has 0 saturated carbocycles. The van der Waals surface area contributed by atoms with Gasteiger partial charge in [0.25, 0.3) is 0 Å². The number of hydrogen-bond donors (Lipinski definition) is 2. The number of aromatic hydroxyl groups is 1. The fourth-order valence-corrected chi connectivity index (χ4v) is 2.12. The second-order valence-corrected chi connectivity index (χ2v) is 3.71. The first-order valence-corrected chi connectivity index (χ1v) is 4.79. The molecule has 2 aromatic carbocycles. The molecule has 2 aromatic rings. The summed E-state index contributed by atoms with van der Waals surface area (Å²) in [5.74, 6) is 0.336. The topological polar surface area (TPSA) is 32.3 Å². The summed E-state index contributed by atoms with van der Waals surface area (Å²) >= 11 is 0. The smallest absolute Gasteiger partial charge is 0.116 e.